The van der Waals surface area contributed by atoms with Crippen LogP contribution >= 0.6 is 69.6 Å². The first-order valence-corrected chi connectivity index (χ1v) is 14.8. The molecule has 0 radical (unpaired) electrons. The molecule has 1 aliphatic carbocycles. The Morgan fingerprint density at radius 2 is 1.33 bits per heavy atom. The Morgan fingerprint density at radius 1 is 0.750 bits per heavy atom. The summed E-state index contributed by atoms with van der Waals surface area (Å²) in [5.41, 5.74) is -3.15. The fraction of sp³-hybridized carbons (Fsp3) is 0.222. The SMILES string of the molecule is O=C(Nc1ccc(F)c(NC(=O)C(F)(F)C(F)(F)C(F)(F)F)c1F)c1cc(NC(=O)C2[C@H](c3cc(Cl)c(Cl)c(Cl)c3)C2(Cl)Cl)ccc1Cl. The standard InChI is InChI=1S/C27H12Cl6F9N3O3/c28-11-2-1-9(43-22(47)17-16(24(17,32)33)8-5-12(29)18(31)13(30)6-8)7-10(11)21(46)44-15-4-3-14(34)20(19(15)35)45-23(48)25(36,37)26(38,39)27(40,41)42/h1-7,16-17H,(H,43,47)(H,44,46)(H,45,48)/t16-,17?/m0/s1. The summed E-state index contributed by atoms with van der Waals surface area (Å²) < 4.78 is 119. The lowest BCUT2D eigenvalue weighted by Gasteiger charge is -2.27. The number of hydrogen-bond acceptors (Lipinski definition) is 3. The summed E-state index contributed by atoms with van der Waals surface area (Å²) in [4.78, 5) is 37.7. The molecule has 1 aliphatic rings. The zero-order valence-corrected chi connectivity index (χ0v) is 27.1. The van der Waals surface area contributed by atoms with Crippen molar-refractivity contribution in [2.24, 2.45) is 5.92 Å². The van der Waals surface area contributed by atoms with Crippen molar-refractivity contribution in [2.75, 3.05) is 16.0 Å². The second kappa shape index (κ2) is 13.1. The van der Waals surface area contributed by atoms with Crippen molar-refractivity contribution >= 4 is 104 Å². The number of alkyl halides is 9. The minimum Gasteiger partial charge on any atom is -0.326 e. The molecule has 258 valence electrons. The molecule has 3 aromatic rings. The summed E-state index contributed by atoms with van der Waals surface area (Å²) >= 11 is 36.8. The van der Waals surface area contributed by atoms with Gasteiger partial charge in [-0.2, -0.15) is 30.7 Å². The van der Waals surface area contributed by atoms with Crippen LogP contribution < -0.4 is 16.0 Å². The third kappa shape index (κ3) is 6.94. The monoisotopic (exact) mass is 807 g/mol. The van der Waals surface area contributed by atoms with E-state index in [1.54, 1.807) is 0 Å². The molecule has 3 N–H and O–H groups in total. The molecule has 0 spiro atoms. The molecule has 1 saturated carbocycles. The van der Waals surface area contributed by atoms with Gasteiger partial charge < -0.3 is 16.0 Å². The van der Waals surface area contributed by atoms with Crippen LogP contribution in [0.2, 0.25) is 20.1 Å². The smallest absolute Gasteiger partial charge is 0.326 e. The van der Waals surface area contributed by atoms with Crippen molar-refractivity contribution < 1.29 is 53.9 Å². The van der Waals surface area contributed by atoms with E-state index in [4.69, 9.17) is 69.6 Å². The molecule has 3 amide bonds. The van der Waals surface area contributed by atoms with E-state index in [1.165, 1.54) is 18.2 Å². The number of carbonyl (C=O) groups excluding carboxylic acids is 3. The third-order valence-corrected chi connectivity index (χ3v) is 9.26. The van der Waals surface area contributed by atoms with Crippen molar-refractivity contribution in [1.82, 2.24) is 0 Å². The molecule has 0 aliphatic heterocycles. The first kappa shape index (κ1) is 38.0. The minimum atomic E-state index is -6.92. The highest BCUT2D eigenvalue weighted by atomic mass is 35.5. The van der Waals surface area contributed by atoms with Crippen molar-refractivity contribution in [2.45, 2.75) is 28.3 Å². The lowest BCUT2D eigenvalue weighted by Crippen LogP contribution is -2.57. The van der Waals surface area contributed by atoms with Crippen molar-refractivity contribution in [1.29, 1.82) is 0 Å². The van der Waals surface area contributed by atoms with E-state index in [9.17, 15) is 53.9 Å². The number of benzene rings is 3. The molecule has 0 bridgehead atoms. The molecule has 0 heterocycles. The lowest BCUT2D eigenvalue weighted by molar-refractivity contribution is -0.343. The maximum Gasteiger partial charge on any atom is 0.460 e. The predicted molar refractivity (Wildman–Crippen MR) is 161 cm³/mol. The molecule has 6 nitrogen and oxygen atoms in total. The van der Waals surface area contributed by atoms with Gasteiger partial charge in [-0.3, -0.25) is 14.4 Å². The summed E-state index contributed by atoms with van der Waals surface area (Å²) in [6.45, 7) is 0. The minimum absolute atomic E-state index is 0.0547. The van der Waals surface area contributed by atoms with Gasteiger partial charge in [-0.05, 0) is 48.0 Å². The van der Waals surface area contributed by atoms with E-state index in [1.807, 2.05) is 5.32 Å². The number of rotatable bonds is 8. The van der Waals surface area contributed by atoms with Gasteiger partial charge in [-0.1, -0.05) is 46.4 Å². The molecule has 3 aromatic carbocycles. The molecule has 1 unspecified atom stereocenters. The first-order valence-electron chi connectivity index (χ1n) is 12.5. The van der Waals surface area contributed by atoms with E-state index in [0.29, 0.717) is 16.9 Å². The average Bonchev–Trinajstić information content (AvgIpc) is 3.56. The van der Waals surface area contributed by atoms with Crippen LogP contribution in [0.3, 0.4) is 0 Å². The summed E-state index contributed by atoms with van der Waals surface area (Å²) in [5, 5.41) is 4.83. The summed E-state index contributed by atoms with van der Waals surface area (Å²) in [7, 11) is 0. The van der Waals surface area contributed by atoms with Crippen molar-refractivity contribution in [3.05, 3.63) is 85.3 Å². The number of carbonyl (C=O) groups is 3. The Labute approximate surface area is 292 Å². The van der Waals surface area contributed by atoms with Crippen LogP contribution in [0.4, 0.5) is 56.6 Å². The molecule has 0 aromatic heterocycles. The van der Waals surface area contributed by atoms with Crippen LogP contribution in [0.1, 0.15) is 21.8 Å². The lowest BCUT2D eigenvalue weighted by atomic mass is 10.1. The normalized spacial score (nSPS) is 17.5. The van der Waals surface area contributed by atoms with Gasteiger partial charge in [-0.15, -0.1) is 23.2 Å². The molecule has 48 heavy (non-hydrogen) atoms. The van der Waals surface area contributed by atoms with Crippen LogP contribution in [-0.4, -0.2) is 40.1 Å². The molecule has 0 saturated heterocycles. The van der Waals surface area contributed by atoms with Crippen molar-refractivity contribution in [3.8, 4) is 0 Å². The maximum absolute atomic E-state index is 15.0. The highest BCUT2D eigenvalue weighted by Crippen LogP contribution is 2.65. The van der Waals surface area contributed by atoms with Gasteiger partial charge >= 0.3 is 23.9 Å². The summed E-state index contributed by atoms with van der Waals surface area (Å²) in [6.07, 6.45) is -6.91. The molecule has 21 heteroatoms. The van der Waals surface area contributed by atoms with E-state index in [-0.39, 0.29) is 31.8 Å². The van der Waals surface area contributed by atoms with Crippen molar-refractivity contribution in [3.63, 3.8) is 0 Å². The fourth-order valence-corrected chi connectivity index (χ4v) is 5.93. The Morgan fingerprint density at radius 3 is 1.90 bits per heavy atom. The highest BCUT2D eigenvalue weighted by molar-refractivity contribution is 6.54. The topological polar surface area (TPSA) is 87.3 Å². The largest absolute Gasteiger partial charge is 0.460 e. The second-order valence-corrected chi connectivity index (χ2v) is 13.0. The van der Waals surface area contributed by atoms with Gasteiger partial charge in [0.15, 0.2) is 5.82 Å². The van der Waals surface area contributed by atoms with Crippen LogP contribution in [0, 0.1) is 17.6 Å². The number of anilines is 3. The first-order chi connectivity index (χ1) is 21.9. The van der Waals surface area contributed by atoms with Crippen LogP contribution in [0.5, 0.6) is 0 Å². The Hall–Kier alpha value is -2.82. The molecular formula is C27H12Cl6F9N3O3. The van der Waals surface area contributed by atoms with Gasteiger partial charge in [0, 0.05) is 11.6 Å². The average molecular weight is 810 g/mol. The Bertz CT molecular complexity index is 1820. The van der Waals surface area contributed by atoms with Gasteiger partial charge in [0.2, 0.25) is 5.91 Å². The van der Waals surface area contributed by atoms with E-state index in [2.05, 4.69) is 5.32 Å². The Kier molecular flexibility index (Phi) is 10.4. The van der Waals surface area contributed by atoms with Crippen LogP contribution in [0.15, 0.2) is 42.5 Å². The zero-order valence-electron chi connectivity index (χ0n) is 22.6. The number of nitrogens with one attached hydrogen (secondary N) is 3. The quantitative estimate of drug-likeness (QED) is 0.120. The van der Waals surface area contributed by atoms with Gasteiger partial charge in [-0.25, -0.2) is 8.78 Å². The second-order valence-electron chi connectivity index (χ2n) is 9.95. The van der Waals surface area contributed by atoms with Crippen LogP contribution in [-0.2, 0) is 9.59 Å². The summed E-state index contributed by atoms with van der Waals surface area (Å²) in [5.74, 6) is -24.7. The van der Waals surface area contributed by atoms with Gasteiger partial charge in [0.05, 0.1) is 37.3 Å². The maximum atomic E-state index is 15.0. The summed E-state index contributed by atoms with van der Waals surface area (Å²) in [6, 6.07) is 6.92. The zero-order chi connectivity index (χ0) is 36.3. The van der Waals surface area contributed by atoms with Gasteiger partial charge in [0.1, 0.15) is 15.8 Å². The van der Waals surface area contributed by atoms with E-state index < -0.39 is 80.5 Å². The third-order valence-electron chi connectivity index (χ3n) is 6.79. The molecule has 4 rings (SSSR count). The highest BCUT2D eigenvalue weighted by Gasteiger charge is 2.76. The number of halogens is 15. The molecular weight excluding hydrogens is 798 g/mol. The number of hydrogen-bond donors (Lipinski definition) is 3. The van der Waals surface area contributed by atoms with E-state index >= 15 is 0 Å². The van der Waals surface area contributed by atoms with E-state index in [0.717, 1.165) is 12.1 Å². The fourth-order valence-electron chi connectivity index (χ4n) is 4.29. The predicted octanol–water partition coefficient (Wildman–Crippen LogP) is 10.1. The van der Waals surface area contributed by atoms with Crippen LogP contribution in [0.25, 0.3) is 0 Å². The number of amides is 3. The Balaban J connectivity index is 1.53. The molecule has 2 atom stereocenters. The molecule has 1 fully saturated rings. The van der Waals surface area contributed by atoms with Gasteiger partial charge in [0.25, 0.3) is 5.91 Å².